The number of imidazole rings is 1. The van der Waals surface area contributed by atoms with Crippen LogP contribution in [-0.2, 0) is 16.1 Å². The molecule has 0 aromatic carbocycles. The van der Waals surface area contributed by atoms with Gasteiger partial charge in [0.2, 0.25) is 11.9 Å². The fraction of sp³-hybridized carbons (Fsp3) is 0.357. The van der Waals surface area contributed by atoms with Crippen LogP contribution in [-0.4, -0.2) is 56.8 Å². The molecule has 3 heterocycles. The minimum atomic E-state index is -1.25. The van der Waals surface area contributed by atoms with Crippen molar-refractivity contribution in [3.8, 4) is 0 Å². The van der Waals surface area contributed by atoms with Gasteiger partial charge in [0, 0.05) is 7.05 Å². The number of hydrogen-bond acceptors (Lipinski definition) is 4. The highest BCUT2D eigenvalue weighted by Gasteiger charge is 2.53. The highest BCUT2D eigenvalue weighted by molar-refractivity contribution is 6.19. The molecule has 0 radical (unpaired) electrons. The Labute approximate surface area is 131 Å². The predicted octanol–water partition coefficient (Wildman–Crippen LogP) is -0.167. The summed E-state index contributed by atoms with van der Waals surface area (Å²) in [5.41, 5.74) is 0.889. The lowest BCUT2D eigenvalue weighted by Gasteiger charge is -2.32. The number of fused-ring (bicyclic) bond motifs is 3. The predicted molar refractivity (Wildman–Crippen MR) is 78.2 cm³/mol. The number of nitrogens with zero attached hydrogens (tertiary/aromatic N) is 5. The summed E-state index contributed by atoms with van der Waals surface area (Å²) in [6.07, 6.45) is 3.48. The number of amidine groups is 1. The smallest absolute Gasteiger partial charge is 0.402 e. The molecule has 0 bridgehead atoms. The summed E-state index contributed by atoms with van der Waals surface area (Å²) in [5.74, 6) is -1.00. The molecule has 1 unspecified atom stereocenters. The van der Waals surface area contributed by atoms with Gasteiger partial charge in [0.15, 0.2) is 0 Å². The van der Waals surface area contributed by atoms with E-state index in [2.05, 4.69) is 11.6 Å². The van der Waals surface area contributed by atoms with Gasteiger partial charge in [0.25, 0.3) is 5.91 Å². The number of allylic oxidation sites excluding steroid dienone is 1. The number of amides is 3. The molecule has 3 amide bonds. The molecule has 3 rings (SSSR count). The number of aliphatic carboxylic acids is 1. The first-order valence-electron chi connectivity index (χ1n) is 6.98. The van der Waals surface area contributed by atoms with E-state index in [0.29, 0.717) is 18.3 Å². The Bertz CT molecular complexity index is 778. The summed E-state index contributed by atoms with van der Waals surface area (Å²) in [5, 5.41) is 8.92. The number of urea groups is 1. The molecule has 120 valence electrons. The number of likely N-dealkylation sites (N-methyl/N-ethyl adjacent to an activating group) is 1. The quantitative estimate of drug-likeness (QED) is 0.615. The van der Waals surface area contributed by atoms with Gasteiger partial charge in [-0.15, -0.1) is 0 Å². The summed E-state index contributed by atoms with van der Waals surface area (Å²) < 4.78 is 3.53. The largest absolute Gasteiger partial charge is 0.480 e. The summed E-state index contributed by atoms with van der Waals surface area (Å²) in [7, 11) is 1.48. The minimum absolute atomic E-state index is 0.300. The first kappa shape index (κ1) is 14.9. The van der Waals surface area contributed by atoms with Crippen molar-refractivity contribution in [1.82, 2.24) is 14.4 Å². The summed E-state index contributed by atoms with van der Waals surface area (Å²) in [4.78, 5) is 42.1. The number of aromatic nitrogens is 2. The van der Waals surface area contributed by atoms with E-state index in [0.717, 1.165) is 10.6 Å². The van der Waals surface area contributed by atoms with Gasteiger partial charge in [-0.2, -0.15) is 0 Å². The maximum Gasteiger partial charge on any atom is 0.402 e. The number of carbonyl (C=O) groups is 3. The van der Waals surface area contributed by atoms with E-state index < -0.39 is 30.5 Å². The number of carboxylic acid groups (broad SMARTS) is 1. The van der Waals surface area contributed by atoms with Crippen LogP contribution in [0.4, 0.5) is 10.7 Å². The number of carbonyl (C=O) groups excluding carboxylic acids is 2. The highest BCUT2D eigenvalue weighted by Crippen LogP contribution is 2.28. The molecule has 1 N–H and O–H groups in total. The second kappa shape index (κ2) is 5.04. The van der Waals surface area contributed by atoms with Crippen molar-refractivity contribution < 1.29 is 24.1 Å². The van der Waals surface area contributed by atoms with Gasteiger partial charge in [0.1, 0.15) is 18.4 Å². The zero-order valence-corrected chi connectivity index (χ0v) is 12.8. The third kappa shape index (κ3) is 2.04. The van der Waals surface area contributed by atoms with Crippen LogP contribution in [0.25, 0.3) is 0 Å². The monoisotopic (exact) mass is 318 g/mol. The first-order chi connectivity index (χ1) is 10.9. The summed E-state index contributed by atoms with van der Waals surface area (Å²) >= 11 is 0. The van der Waals surface area contributed by atoms with Crippen LogP contribution in [0.5, 0.6) is 0 Å². The van der Waals surface area contributed by atoms with Crippen molar-refractivity contribution in [2.45, 2.75) is 19.5 Å². The minimum Gasteiger partial charge on any atom is -0.480 e. The van der Waals surface area contributed by atoms with Crippen molar-refractivity contribution in [2.75, 3.05) is 13.6 Å². The van der Waals surface area contributed by atoms with Crippen LogP contribution in [0.3, 0.4) is 0 Å². The van der Waals surface area contributed by atoms with Crippen molar-refractivity contribution in [1.29, 1.82) is 0 Å². The van der Waals surface area contributed by atoms with Crippen LogP contribution < -0.4 is 4.57 Å². The van der Waals surface area contributed by atoms with Gasteiger partial charge in [-0.3, -0.25) is 14.5 Å². The van der Waals surface area contributed by atoms with Gasteiger partial charge >= 0.3 is 17.9 Å². The molecular weight excluding hydrogens is 302 g/mol. The SMILES string of the molecule is C=CCn1c(C)c[n+]2c1N=C1C2C(=O)N(CC(=O)O)C(=O)N1C. The average molecular weight is 318 g/mol. The van der Waals surface area contributed by atoms with Crippen molar-refractivity contribution >= 4 is 29.7 Å². The molecule has 0 aliphatic carbocycles. The van der Waals surface area contributed by atoms with Crippen molar-refractivity contribution in [3.63, 3.8) is 0 Å². The van der Waals surface area contributed by atoms with Crippen LogP contribution in [0.2, 0.25) is 0 Å². The maximum absolute atomic E-state index is 12.6. The van der Waals surface area contributed by atoms with Gasteiger partial charge in [-0.05, 0) is 6.92 Å². The van der Waals surface area contributed by atoms with E-state index in [1.807, 2.05) is 11.5 Å². The lowest BCUT2D eigenvalue weighted by atomic mass is 10.1. The van der Waals surface area contributed by atoms with E-state index in [-0.39, 0.29) is 0 Å². The maximum atomic E-state index is 12.6. The lowest BCUT2D eigenvalue weighted by Crippen LogP contribution is -2.63. The van der Waals surface area contributed by atoms with Crippen LogP contribution in [0.1, 0.15) is 11.7 Å². The fourth-order valence-corrected chi connectivity index (χ4v) is 2.87. The molecule has 1 saturated heterocycles. The molecule has 9 nitrogen and oxygen atoms in total. The molecule has 23 heavy (non-hydrogen) atoms. The standard InChI is InChI=1S/C14H15N5O4/c1-4-5-17-8(2)6-18-10-11(15-13(17)18)16(3)14(23)19(12(10)22)7-9(20)21/h4,6,10H,1,5,7H2,2-3H3/p+1. The molecular formula is C14H16N5O4+. The third-order valence-electron chi connectivity index (χ3n) is 3.93. The molecule has 2 aliphatic heterocycles. The first-order valence-corrected chi connectivity index (χ1v) is 6.98. The zero-order valence-electron chi connectivity index (χ0n) is 12.8. The molecule has 0 saturated carbocycles. The molecule has 0 spiro atoms. The van der Waals surface area contributed by atoms with E-state index in [1.165, 1.54) is 11.9 Å². The normalized spacial score (nSPS) is 19.6. The van der Waals surface area contributed by atoms with Gasteiger partial charge in [0.05, 0.1) is 6.54 Å². The molecule has 1 fully saturated rings. The van der Waals surface area contributed by atoms with E-state index in [9.17, 15) is 14.4 Å². The Balaban J connectivity index is 2.09. The zero-order chi connectivity index (χ0) is 16.9. The Morgan fingerprint density at radius 3 is 2.83 bits per heavy atom. The fourth-order valence-electron chi connectivity index (χ4n) is 2.87. The number of carboxylic acids is 1. The van der Waals surface area contributed by atoms with Crippen LogP contribution >= 0.6 is 0 Å². The number of aliphatic imine (C=N–C) groups is 1. The van der Waals surface area contributed by atoms with E-state index in [1.54, 1.807) is 16.8 Å². The molecule has 9 heteroatoms. The summed E-state index contributed by atoms with van der Waals surface area (Å²) in [6, 6.07) is -1.51. The number of rotatable bonds is 4. The molecule has 1 aromatic heterocycles. The van der Waals surface area contributed by atoms with Crippen molar-refractivity contribution in [3.05, 3.63) is 24.5 Å². The van der Waals surface area contributed by atoms with Crippen LogP contribution in [0.15, 0.2) is 23.8 Å². The van der Waals surface area contributed by atoms with Gasteiger partial charge in [-0.25, -0.2) is 18.8 Å². The molecule has 1 atom stereocenters. The second-order valence-corrected chi connectivity index (χ2v) is 5.41. The Kier molecular flexibility index (Phi) is 3.28. The molecule has 1 aromatic rings. The molecule has 2 aliphatic rings. The second-order valence-electron chi connectivity index (χ2n) is 5.41. The third-order valence-corrected chi connectivity index (χ3v) is 3.93. The van der Waals surface area contributed by atoms with Gasteiger partial charge < -0.3 is 5.11 Å². The summed E-state index contributed by atoms with van der Waals surface area (Å²) in [6.45, 7) is 5.42. The Hall–Kier alpha value is -2.97. The Morgan fingerprint density at radius 1 is 1.52 bits per heavy atom. The number of imide groups is 1. The van der Waals surface area contributed by atoms with E-state index >= 15 is 0 Å². The van der Waals surface area contributed by atoms with Crippen molar-refractivity contribution in [2.24, 2.45) is 4.99 Å². The average Bonchev–Trinajstić information content (AvgIpc) is 2.98. The number of hydrogen-bond donors (Lipinski definition) is 1. The lowest BCUT2D eigenvalue weighted by molar-refractivity contribution is -0.677. The van der Waals surface area contributed by atoms with Gasteiger partial charge in [-0.1, -0.05) is 17.6 Å². The van der Waals surface area contributed by atoms with Crippen LogP contribution in [0, 0.1) is 6.92 Å². The Morgan fingerprint density at radius 2 is 2.22 bits per heavy atom. The van der Waals surface area contributed by atoms with E-state index in [4.69, 9.17) is 5.11 Å². The topological polar surface area (TPSA) is 99.1 Å². The highest BCUT2D eigenvalue weighted by atomic mass is 16.4. The number of aryl methyl sites for hydroxylation is 1.